The van der Waals surface area contributed by atoms with Crippen LogP contribution in [0.2, 0.25) is 0 Å². The zero-order chi connectivity index (χ0) is 28.3. The smallest absolute Gasteiger partial charge is 0.356 e. The number of rotatable bonds is 14. The van der Waals surface area contributed by atoms with Crippen LogP contribution in [0, 0.1) is 5.92 Å². The molecule has 1 saturated carbocycles. The first-order chi connectivity index (χ1) is 17.9. The van der Waals surface area contributed by atoms with E-state index in [1.807, 2.05) is 0 Å². The topological polar surface area (TPSA) is 182 Å². The van der Waals surface area contributed by atoms with Crippen LogP contribution in [-0.4, -0.2) is 57.2 Å². The zero-order valence-corrected chi connectivity index (χ0v) is 22.9. The van der Waals surface area contributed by atoms with Gasteiger partial charge in [0.1, 0.15) is 6.04 Å². The number of carboxylic acids is 1. The van der Waals surface area contributed by atoms with Crippen molar-refractivity contribution in [2.45, 2.75) is 89.6 Å². The van der Waals surface area contributed by atoms with Crippen LogP contribution in [0.5, 0.6) is 0 Å². The maximum atomic E-state index is 13.0. The molecule has 0 aliphatic heterocycles. The number of hydrogen-bond acceptors (Lipinski definition) is 5. The highest BCUT2D eigenvalue weighted by atomic mass is 31.2. The molecular formula is C26H40N3O8P. The molecule has 3 amide bonds. The second-order valence-corrected chi connectivity index (χ2v) is 11.6. The van der Waals surface area contributed by atoms with Gasteiger partial charge in [0.15, 0.2) is 0 Å². The van der Waals surface area contributed by atoms with Gasteiger partial charge in [-0.05, 0) is 37.0 Å². The van der Waals surface area contributed by atoms with Gasteiger partial charge in [-0.1, -0.05) is 57.1 Å². The third-order valence-electron chi connectivity index (χ3n) is 6.97. The van der Waals surface area contributed by atoms with Gasteiger partial charge in [-0.2, -0.15) is 0 Å². The van der Waals surface area contributed by atoms with E-state index in [-0.39, 0.29) is 11.7 Å². The molecule has 1 aromatic carbocycles. The maximum absolute atomic E-state index is 13.0. The molecule has 1 aliphatic carbocycles. The van der Waals surface area contributed by atoms with Crippen LogP contribution >= 0.6 is 7.60 Å². The molecule has 0 bridgehead atoms. The van der Waals surface area contributed by atoms with E-state index in [1.54, 1.807) is 6.92 Å². The lowest BCUT2D eigenvalue weighted by molar-refractivity contribution is -0.143. The molecule has 6 N–H and O–H groups in total. The average Bonchev–Trinajstić information content (AvgIpc) is 2.86. The third-order valence-corrected chi connectivity index (χ3v) is 7.94. The minimum atomic E-state index is -4.44. The van der Waals surface area contributed by atoms with Crippen molar-refractivity contribution in [3.8, 4) is 0 Å². The fourth-order valence-electron chi connectivity index (χ4n) is 4.76. The molecule has 1 fully saturated rings. The second-order valence-electron chi connectivity index (χ2n) is 10.0. The molecule has 11 nitrogen and oxygen atoms in total. The summed E-state index contributed by atoms with van der Waals surface area (Å²) in [5.74, 6) is -3.13. The Bertz CT molecular complexity index is 1000. The quantitative estimate of drug-likeness (QED) is 0.149. The SMILES string of the molecule is CC(=O)NC(C(=O)O)C(CC(=O)NCCCCC1CCCCC1)NC(=O)C(C)c1ccc(P(=O)(O)O)cc1. The first-order valence-electron chi connectivity index (χ1n) is 13.1. The van der Waals surface area contributed by atoms with E-state index < -0.39 is 49.3 Å². The summed E-state index contributed by atoms with van der Waals surface area (Å²) in [6.07, 6.45) is 8.97. The average molecular weight is 554 g/mol. The van der Waals surface area contributed by atoms with Crippen molar-refractivity contribution in [3.05, 3.63) is 29.8 Å². The van der Waals surface area contributed by atoms with Crippen molar-refractivity contribution in [2.75, 3.05) is 6.54 Å². The van der Waals surface area contributed by atoms with Gasteiger partial charge < -0.3 is 30.8 Å². The highest BCUT2D eigenvalue weighted by Gasteiger charge is 2.33. The lowest BCUT2D eigenvalue weighted by Crippen LogP contribution is -2.57. The number of hydrogen-bond donors (Lipinski definition) is 6. The van der Waals surface area contributed by atoms with Gasteiger partial charge in [-0.25, -0.2) is 4.79 Å². The summed E-state index contributed by atoms with van der Waals surface area (Å²) in [5.41, 5.74) is 0.437. The van der Waals surface area contributed by atoms with Crippen LogP contribution in [0.15, 0.2) is 24.3 Å². The Kier molecular flexibility index (Phi) is 12.4. The van der Waals surface area contributed by atoms with Crippen LogP contribution in [0.4, 0.5) is 0 Å². The minimum absolute atomic E-state index is 0.196. The summed E-state index contributed by atoms with van der Waals surface area (Å²) in [7, 11) is -4.44. The van der Waals surface area contributed by atoms with Crippen molar-refractivity contribution in [3.63, 3.8) is 0 Å². The van der Waals surface area contributed by atoms with Crippen molar-refractivity contribution in [1.29, 1.82) is 0 Å². The van der Waals surface area contributed by atoms with E-state index in [1.165, 1.54) is 56.4 Å². The molecule has 1 aliphatic rings. The molecule has 0 heterocycles. The largest absolute Gasteiger partial charge is 0.480 e. The Labute approximate surface area is 223 Å². The summed E-state index contributed by atoms with van der Waals surface area (Å²) in [5, 5.41) is 17.1. The van der Waals surface area contributed by atoms with Gasteiger partial charge in [-0.3, -0.25) is 18.9 Å². The zero-order valence-electron chi connectivity index (χ0n) is 22.0. The normalized spacial score (nSPS) is 16.6. The molecule has 12 heteroatoms. The molecule has 0 radical (unpaired) electrons. The molecule has 3 unspecified atom stereocenters. The molecule has 38 heavy (non-hydrogen) atoms. The van der Waals surface area contributed by atoms with E-state index >= 15 is 0 Å². The highest BCUT2D eigenvalue weighted by molar-refractivity contribution is 7.60. The van der Waals surface area contributed by atoms with Crippen LogP contribution in [-0.2, 0) is 23.7 Å². The number of unbranched alkanes of at least 4 members (excludes halogenated alkanes) is 1. The van der Waals surface area contributed by atoms with Gasteiger partial charge in [0, 0.05) is 19.9 Å². The van der Waals surface area contributed by atoms with E-state index in [4.69, 9.17) is 0 Å². The van der Waals surface area contributed by atoms with E-state index in [2.05, 4.69) is 16.0 Å². The van der Waals surface area contributed by atoms with Crippen LogP contribution < -0.4 is 21.3 Å². The molecule has 1 aromatic rings. The van der Waals surface area contributed by atoms with Crippen LogP contribution in [0.3, 0.4) is 0 Å². The highest BCUT2D eigenvalue weighted by Crippen LogP contribution is 2.33. The van der Waals surface area contributed by atoms with Gasteiger partial charge in [0.05, 0.1) is 17.3 Å². The number of carbonyl (C=O) groups excluding carboxylic acids is 3. The molecule has 3 atom stereocenters. The number of carbonyl (C=O) groups is 4. The number of nitrogens with one attached hydrogen (secondary N) is 3. The van der Waals surface area contributed by atoms with Crippen molar-refractivity contribution in [1.82, 2.24) is 16.0 Å². The van der Waals surface area contributed by atoms with Gasteiger partial charge in [-0.15, -0.1) is 0 Å². The Balaban J connectivity index is 1.99. The number of benzene rings is 1. The molecular weight excluding hydrogens is 513 g/mol. The number of aliphatic carboxylic acids is 1. The molecule has 0 saturated heterocycles. The molecule has 0 spiro atoms. The Morgan fingerprint density at radius 2 is 1.63 bits per heavy atom. The Hall–Kier alpha value is -2.75. The van der Waals surface area contributed by atoms with Gasteiger partial charge in [0.25, 0.3) is 0 Å². The first kappa shape index (κ1) is 31.5. The first-order valence-corrected chi connectivity index (χ1v) is 14.7. The predicted molar refractivity (Wildman–Crippen MR) is 142 cm³/mol. The molecule has 0 aromatic heterocycles. The Morgan fingerprint density at radius 1 is 1.00 bits per heavy atom. The van der Waals surface area contributed by atoms with E-state index in [9.17, 15) is 38.6 Å². The summed E-state index contributed by atoms with van der Waals surface area (Å²) in [6, 6.07) is 2.49. The molecule has 212 valence electrons. The molecule has 2 rings (SSSR count). The second kappa shape index (κ2) is 15.0. The van der Waals surface area contributed by atoms with Gasteiger partial charge in [0.2, 0.25) is 17.7 Å². The number of amides is 3. The maximum Gasteiger partial charge on any atom is 0.356 e. The summed E-state index contributed by atoms with van der Waals surface area (Å²) >= 11 is 0. The van der Waals surface area contributed by atoms with Gasteiger partial charge >= 0.3 is 13.6 Å². The fraction of sp³-hybridized carbons (Fsp3) is 0.615. The lowest BCUT2D eigenvalue weighted by Gasteiger charge is -2.27. The van der Waals surface area contributed by atoms with Crippen molar-refractivity contribution in [2.24, 2.45) is 5.92 Å². The van der Waals surface area contributed by atoms with Crippen LogP contribution in [0.25, 0.3) is 0 Å². The number of carboxylic acid groups (broad SMARTS) is 1. The van der Waals surface area contributed by atoms with Crippen molar-refractivity contribution < 1.29 is 38.6 Å². The predicted octanol–water partition coefficient (Wildman–Crippen LogP) is 1.92. The van der Waals surface area contributed by atoms with Crippen LogP contribution in [0.1, 0.15) is 83.1 Å². The van der Waals surface area contributed by atoms with E-state index in [0.717, 1.165) is 32.1 Å². The monoisotopic (exact) mass is 553 g/mol. The summed E-state index contributed by atoms with van der Waals surface area (Å²) < 4.78 is 11.4. The summed E-state index contributed by atoms with van der Waals surface area (Å²) in [6.45, 7) is 3.12. The third kappa shape index (κ3) is 10.6. The standard InChI is InChI=1S/C26H40N3O8P/c1-17(20-11-13-21(14-12-20)38(35,36)37)25(32)29-22(24(26(33)34)28-18(2)30)16-23(31)27-15-7-6-10-19-8-4-3-5-9-19/h11-14,17,19,22,24H,3-10,15-16H2,1-2H3,(H,27,31)(H,28,30)(H,29,32)(H,33,34)(H2,35,36,37). The minimum Gasteiger partial charge on any atom is -0.480 e. The summed E-state index contributed by atoms with van der Waals surface area (Å²) in [4.78, 5) is 67.7. The fourth-order valence-corrected chi connectivity index (χ4v) is 5.29. The lowest BCUT2D eigenvalue weighted by atomic mass is 9.86. The van der Waals surface area contributed by atoms with Crippen molar-refractivity contribution >= 4 is 36.6 Å². The van der Waals surface area contributed by atoms with E-state index in [0.29, 0.717) is 12.1 Å². The Morgan fingerprint density at radius 3 is 2.18 bits per heavy atom.